The van der Waals surface area contributed by atoms with Crippen LogP contribution in [0.4, 0.5) is 0 Å². The highest BCUT2D eigenvalue weighted by Gasteiger charge is 2.41. The molecule has 2 aromatic heterocycles. The number of pyridine rings is 2. The molecule has 0 spiro atoms. The molecule has 0 radical (unpaired) electrons. The van der Waals surface area contributed by atoms with Crippen molar-refractivity contribution in [3.63, 3.8) is 0 Å². The fraction of sp³-hybridized carbons (Fsp3) is 0.421. The second-order valence-electron chi connectivity index (χ2n) is 6.64. The van der Waals surface area contributed by atoms with Crippen LogP contribution in [-0.4, -0.2) is 64.1 Å². The summed E-state index contributed by atoms with van der Waals surface area (Å²) >= 11 is 0. The van der Waals surface area contributed by atoms with Crippen LogP contribution in [-0.2, 0) is 22.5 Å². The number of nitrogens with zero attached hydrogens (tertiary/aromatic N) is 4. The van der Waals surface area contributed by atoms with Crippen LogP contribution in [0.1, 0.15) is 11.1 Å². The van der Waals surface area contributed by atoms with E-state index in [4.69, 9.17) is 4.74 Å². The zero-order chi connectivity index (χ0) is 17.1. The molecule has 0 unspecified atom stereocenters. The van der Waals surface area contributed by atoms with Gasteiger partial charge in [-0.3, -0.25) is 19.7 Å². The largest absolute Gasteiger partial charge is 0.373 e. The maximum atomic E-state index is 12.6. The first kappa shape index (κ1) is 16.2. The van der Waals surface area contributed by atoms with Crippen molar-refractivity contribution in [2.24, 2.45) is 0 Å². The van der Waals surface area contributed by atoms with Gasteiger partial charge in [0.2, 0.25) is 5.91 Å². The summed E-state index contributed by atoms with van der Waals surface area (Å²) in [6, 6.07) is 8.17. The van der Waals surface area contributed by atoms with Crippen molar-refractivity contribution >= 4 is 5.91 Å². The quantitative estimate of drug-likeness (QED) is 0.836. The third kappa shape index (κ3) is 3.70. The minimum Gasteiger partial charge on any atom is -0.373 e. The van der Waals surface area contributed by atoms with Gasteiger partial charge in [0.1, 0.15) is 0 Å². The third-order valence-electron chi connectivity index (χ3n) is 4.98. The summed E-state index contributed by atoms with van der Waals surface area (Å²) in [4.78, 5) is 25.2. The van der Waals surface area contributed by atoms with Crippen molar-refractivity contribution in [3.05, 3.63) is 60.2 Å². The zero-order valence-electron chi connectivity index (χ0n) is 14.1. The molecule has 6 nitrogen and oxygen atoms in total. The minimum absolute atomic E-state index is 0.105. The Morgan fingerprint density at radius 3 is 2.80 bits per heavy atom. The first-order chi connectivity index (χ1) is 12.3. The number of amides is 1. The van der Waals surface area contributed by atoms with Gasteiger partial charge in [0.05, 0.1) is 25.2 Å². The molecule has 0 aliphatic carbocycles. The average molecular weight is 338 g/mol. The summed E-state index contributed by atoms with van der Waals surface area (Å²) in [6.45, 7) is 3.90. The Labute approximate surface area is 147 Å². The number of aromatic nitrogens is 2. The molecule has 4 rings (SSSR count). The van der Waals surface area contributed by atoms with E-state index in [9.17, 15) is 4.79 Å². The lowest BCUT2D eigenvalue weighted by Crippen LogP contribution is -2.50. The summed E-state index contributed by atoms with van der Waals surface area (Å²) in [6.07, 6.45) is 7.64. The number of morpholine rings is 1. The van der Waals surface area contributed by atoms with Crippen molar-refractivity contribution in [1.29, 1.82) is 0 Å². The molecule has 2 fully saturated rings. The Morgan fingerprint density at radius 1 is 1.12 bits per heavy atom. The fourth-order valence-electron chi connectivity index (χ4n) is 3.67. The van der Waals surface area contributed by atoms with Gasteiger partial charge in [-0.15, -0.1) is 0 Å². The molecule has 0 aromatic carbocycles. The Bertz CT molecular complexity index is 710. The second-order valence-corrected chi connectivity index (χ2v) is 6.64. The van der Waals surface area contributed by atoms with Crippen LogP contribution in [0.3, 0.4) is 0 Å². The molecule has 2 saturated heterocycles. The van der Waals surface area contributed by atoms with Gasteiger partial charge in [-0.25, -0.2) is 0 Å². The van der Waals surface area contributed by atoms with E-state index in [0.717, 1.165) is 31.8 Å². The van der Waals surface area contributed by atoms with Gasteiger partial charge < -0.3 is 9.64 Å². The lowest BCUT2D eigenvalue weighted by atomic mass is 10.1. The number of hydrogen-bond acceptors (Lipinski definition) is 5. The summed E-state index contributed by atoms with van der Waals surface area (Å²) in [5.41, 5.74) is 2.20. The summed E-state index contributed by atoms with van der Waals surface area (Å²) in [5, 5.41) is 0. The number of hydrogen-bond donors (Lipinski definition) is 0. The van der Waals surface area contributed by atoms with E-state index in [1.807, 2.05) is 41.6 Å². The van der Waals surface area contributed by atoms with Gasteiger partial charge in [-0.1, -0.05) is 6.07 Å². The van der Waals surface area contributed by atoms with E-state index >= 15 is 0 Å². The van der Waals surface area contributed by atoms with E-state index in [-0.39, 0.29) is 18.1 Å². The number of likely N-dealkylation sites (tertiary alicyclic amines) is 1. The maximum absolute atomic E-state index is 12.6. The topological polar surface area (TPSA) is 58.6 Å². The molecular formula is C19H22N4O2. The van der Waals surface area contributed by atoms with E-state index in [0.29, 0.717) is 13.0 Å². The molecule has 2 aromatic rings. The lowest BCUT2D eigenvalue weighted by molar-refractivity contribution is -0.129. The van der Waals surface area contributed by atoms with E-state index in [1.54, 1.807) is 12.4 Å². The molecule has 0 N–H and O–H groups in total. The number of carbonyl (C=O) groups excluding carboxylic acids is 1. The average Bonchev–Trinajstić information content (AvgIpc) is 3.09. The molecule has 0 bridgehead atoms. The number of rotatable bonds is 4. The maximum Gasteiger partial charge on any atom is 0.227 e. The van der Waals surface area contributed by atoms with Gasteiger partial charge >= 0.3 is 0 Å². The Balaban J connectivity index is 1.41. The van der Waals surface area contributed by atoms with Crippen LogP contribution in [0.2, 0.25) is 0 Å². The van der Waals surface area contributed by atoms with Crippen molar-refractivity contribution in [3.8, 4) is 0 Å². The Hall–Kier alpha value is -2.31. The fourth-order valence-corrected chi connectivity index (χ4v) is 3.67. The highest BCUT2D eigenvalue weighted by atomic mass is 16.5. The lowest BCUT2D eigenvalue weighted by Gasteiger charge is -2.36. The molecular weight excluding hydrogens is 316 g/mol. The van der Waals surface area contributed by atoms with Gasteiger partial charge in [0.15, 0.2) is 0 Å². The molecule has 6 heteroatoms. The smallest absolute Gasteiger partial charge is 0.227 e. The third-order valence-corrected chi connectivity index (χ3v) is 4.98. The zero-order valence-corrected chi connectivity index (χ0v) is 14.1. The summed E-state index contributed by atoms with van der Waals surface area (Å²) in [5.74, 6) is 0.148. The molecule has 2 atom stereocenters. The normalized spacial score (nSPS) is 23.4. The summed E-state index contributed by atoms with van der Waals surface area (Å²) < 4.78 is 5.94. The van der Waals surface area contributed by atoms with Crippen LogP contribution < -0.4 is 0 Å². The van der Waals surface area contributed by atoms with Crippen LogP contribution in [0.5, 0.6) is 0 Å². The first-order valence-corrected chi connectivity index (χ1v) is 8.71. The highest BCUT2D eigenvalue weighted by molar-refractivity contribution is 5.79. The van der Waals surface area contributed by atoms with Crippen LogP contribution in [0, 0.1) is 0 Å². The first-order valence-electron chi connectivity index (χ1n) is 8.71. The van der Waals surface area contributed by atoms with Crippen molar-refractivity contribution < 1.29 is 9.53 Å². The second kappa shape index (κ2) is 7.29. The predicted octanol–water partition coefficient (Wildman–Crippen LogP) is 1.13. The molecule has 130 valence electrons. The minimum atomic E-state index is 0.105. The van der Waals surface area contributed by atoms with Crippen LogP contribution in [0.25, 0.3) is 0 Å². The number of carbonyl (C=O) groups is 1. The van der Waals surface area contributed by atoms with Crippen molar-refractivity contribution in [2.45, 2.75) is 25.1 Å². The molecule has 2 aliphatic heterocycles. The van der Waals surface area contributed by atoms with Gasteiger partial charge in [0, 0.05) is 51.0 Å². The van der Waals surface area contributed by atoms with Crippen molar-refractivity contribution in [2.75, 3.05) is 26.2 Å². The SMILES string of the molecule is O=C(Cc1cccnc1)N1C[C@@H]2OCCN(Cc3ccncc3)[C@@H]2C1. The number of ether oxygens (including phenoxy) is 1. The molecule has 2 aliphatic rings. The predicted molar refractivity (Wildman–Crippen MR) is 92.7 cm³/mol. The molecule has 4 heterocycles. The Kier molecular flexibility index (Phi) is 4.72. The van der Waals surface area contributed by atoms with Crippen LogP contribution >= 0.6 is 0 Å². The highest BCUT2D eigenvalue weighted by Crippen LogP contribution is 2.25. The Morgan fingerprint density at radius 2 is 2.00 bits per heavy atom. The standard InChI is InChI=1S/C19H22N4O2/c24-19(10-16-2-1-5-21-11-16)23-13-17-18(14-23)25-9-8-22(17)12-15-3-6-20-7-4-15/h1-7,11,17-18H,8-10,12-14H2/t17-,18+/m1/s1. The molecule has 25 heavy (non-hydrogen) atoms. The van der Waals surface area contributed by atoms with E-state index in [1.165, 1.54) is 5.56 Å². The van der Waals surface area contributed by atoms with E-state index < -0.39 is 0 Å². The van der Waals surface area contributed by atoms with Gasteiger partial charge in [-0.05, 0) is 29.3 Å². The van der Waals surface area contributed by atoms with E-state index in [2.05, 4.69) is 14.9 Å². The molecule has 1 amide bonds. The van der Waals surface area contributed by atoms with Gasteiger partial charge in [-0.2, -0.15) is 0 Å². The molecule has 0 saturated carbocycles. The van der Waals surface area contributed by atoms with Crippen molar-refractivity contribution in [1.82, 2.24) is 19.8 Å². The summed E-state index contributed by atoms with van der Waals surface area (Å²) in [7, 11) is 0. The van der Waals surface area contributed by atoms with Gasteiger partial charge in [0.25, 0.3) is 0 Å². The number of fused-ring (bicyclic) bond motifs is 1. The van der Waals surface area contributed by atoms with Crippen LogP contribution in [0.15, 0.2) is 49.1 Å². The monoisotopic (exact) mass is 338 g/mol.